The van der Waals surface area contributed by atoms with E-state index in [4.69, 9.17) is 14.2 Å². The summed E-state index contributed by atoms with van der Waals surface area (Å²) in [4.78, 5) is 11.7. The lowest BCUT2D eigenvalue weighted by atomic mass is 10.0. The van der Waals surface area contributed by atoms with Gasteiger partial charge < -0.3 is 19.3 Å². The van der Waals surface area contributed by atoms with Gasteiger partial charge in [-0.3, -0.25) is 0 Å². The molecule has 1 N–H and O–H groups in total. The first kappa shape index (κ1) is 18.6. The van der Waals surface area contributed by atoms with E-state index >= 15 is 0 Å². The lowest BCUT2D eigenvalue weighted by Gasteiger charge is -2.31. The third-order valence-electron chi connectivity index (χ3n) is 4.65. The Kier molecular flexibility index (Phi) is 5.20. The zero-order valence-corrected chi connectivity index (χ0v) is 15.7. The minimum atomic E-state index is -1.13. The number of hydrogen-bond acceptors (Lipinski definition) is 4. The maximum atomic E-state index is 11.7. The molecule has 0 saturated heterocycles. The van der Waals surface area contributed by atoms with Gasteiger partial charge in [0.1, 0.15) is 11.5 Å². The van der Waals surface area contributed by atoms with E-state index in [0.29, 0.717) is 29.2 Å². The van der Waals surface area contributed by atoms with E-state index in [1.54, 1.807) is 42.5 Å². The summed E-state index contributed by atoms with van der Waals surface area (Å²) in [6.07, 6.45) is 0.644. The zero-order valence-electron chi connectivity index (χ0n) is 15.7. The summed E-state index contributed by atoms with van der Waals surface area (Å²) in [7, 11) is 0. The quantitative estimate of drug-likeness (QED) is 0.590. The summed E-state index contributed by atoms with van der Waals surface area (Å²) < 4.78 is 17.6. The summed E-state index contributed by atoms with van der Waals surface area (Å²) in [5.74, 6) is 1.27. The van der Waals surface area contributed by atoms with Gasteiger partial charge in [0.15, 0.2) is 17.6 Å². The van der Waals surface area contributed by atoms with Crippen LogP contribution >= 0.6 is 0 Å². The maximum Gasteiger partial charge on any atom is 0.349 e. The number of carboxylic acid groups (broad SMARTS) is 1. The van der Waals surface area contributed by atoms with E-state index in [1.807, 2.05) is 36.4 Å². The Morgan fingerprint density at radius 2 is 1.62 bits per heavy atom. The van der Waals surface area contributed by atoms with Crippen molar-refractivity contribution in [2.24, 2.45) is 0 Å². The second-order valence-electron chi connectivity index (χ2n) is 6.63. The normalized spacial score (nSPS) is 17.4. The van der Waals surface area contributed by atoms with Gasteiger partial charge in [0.05, 0.1) is 0 Å². The Morgan fingerprint density at radius 3 is 2.31 bits per heavy atom. The molecule has 1 aliphatic heterocycles. The zero-order chi connectivity index (χ0) is 20.2. The van der Waals surface area contributed by atoms with E-state index in [0.717, 1.165) is 11.3 Å². The SMILES string of the molecule is C=CCc1ccccc1Oc1ccc(C2Oc3ccccc3OC2C(=O)O)cc1. The first-order chi connectivity index (χ1) is 14.2. The van der Waals surface area contributed by atoms with Crippen molar-refractivity contribution >= 4 is 5.97 Å². The van der Waals surface area contributed by atoms with Crippen LogP contribution in [0.2, 0.25) is 0 Å². The molecule has 2 unspecified atom stereocenters. The van der Waals surface area contributed by atoms with Crippen molar-refractivity contribution in [3.63, 3.8) is 0 Å². The predicted molar refractivity (Wildman–Crippen MR) is 109 cm³/mol. The van der Waals surface area contributed by atoms with Crippen molar-refractivity contribution in [3.8, 4) is 23.0 Å². The van der Waals surface area contributed by atoms with Gasteiger partial charge in [0.2, 0.25) is 6.10 Å². The standard InChI is InChI=1S/C24H20O5/c1-2-7-16-8-3-4-9-19(16)27-18-14-12-17(13-15-18)22-23(24(25)26)29-21-11-6-5-10-20(21)28-22/h2-6,8-15,22-23H,1,7H2,(H,25,26). The molecule has 3 aromatic carbocycles. The van der Waals surface area contributed by atoms with Crippen molar-refractivity contribution in [1.82, 2.24) is 0 Å². The molecule has 5 nitrogen and oxygen atoms in total. The van der Waals surface area contributed by atoms with E-state index < -0.39 is 18.2 Å². The van der Waals surface area contributed by atoms with Gasteiger partial charge in [0, 0.05) is 0 Å². The Hall–Kier alpha value is -3.73. The highest BCUT2D eigenvalue weighted by Gasteiger charge is 2.38. The van der Waals surface area contributed by atoms with Crippen LogP contribution in [0.5, 0.6) is 23.0 Å². The lowest BCUT2D eigenvalue weighted by Crippen LogP contribution is -2.39. The van der Waals surface area contributed by atoms with Crippen molar-refractivity contribution in [2.75, 3.05) is 0 Å². The fourth-order valence-corrected chi connectivity index (χ4v) is 3.24. The number of rotatable bonds is 6. The topological polar surface area (TPSA) is 65.0 Å². The van der Waals surface area contributed by atoms with Gasteiger partial charge in [-0.25, -0.2) is 4.79 Å². The Morgan fingerprint density at radius 1 is 0.966 bits per heavy atom. The van der Waals surface area contributed by atoms with Crippen LogP contribution in [-0.4, -0.2) is 17.2 Å². The first-order valence-corrected chi connectivity index (χ1v) is 9.27. The monoisotopic (exact) mass is 388 g/mol. The van der Waals surface area contributed by atoms with Crippen LogP contribution in [-0.2, 0) is 11.2 Å². The number of hydrogen-bond donors (Lipinski definition) is 1. The van der Waals surface area contributed by atoms with Crippen LogP contribution in [0.4, 0.5) is 0 Å². The number of allylic oxidation sites excluding steroid dienone is 1. The average Bonchev–Trinajstić information content (AvgIpc) is 2.75. The number of carboxylic acids is 1. The molecule has 0 aromatic heterocycles. The molecule has 0 bridgehead atoms. The molecule has 1 heterocycles. The molecule has 3 aromatic rings. The van der Waals surface area contributed by atoms with E-state index in [-0.39, 0.29) is 0 Å². The molecular weight excluding hydrogens is 368 g/mol. The maximum absolute atomic E-state index is 11.7. The third-order valence-corrected chi connectivity index (χ3v) is 4.65. The fraction of sp³-hybridized carbons (Fsp3) is 0.125. The summed E-state index contributed by atoms with van der Waals surface area (Å²) in [6, 6.07) is 22.0. The number of carbonyl (C=O) groups is 1. The van der Waals surface area contributed by atoms with E-state index in [1.165, 1.54) is 0 Å². The highest BCUT2D eigenvalue weighted by molar-refractivity contribution is 5.75. The van der Waals surface area contributed by atoms with E-state index in [9.17, 15) is 9.90 Å². The smallest absolute Gasteiger partial charge is 0.349 e. The number of aliphatic carboxylic acids is 1. The summed E-state index contributed by atoms with van der Waals surface area (Å²) >= 11 is 0. The summed E-state index contributed by atoms with van der Waals surface area (Å²) in [6.45, 7) is 3.78. The van der Waals surface area contributed by atoms with Crippen LogP contribution < -0.4 is 14.2 Å². The van der Waals surface area contributed by atoms with Gasteiger partial charge in [0.25, 0.3) is 0 Å². The molecule has 0 spiro atoms. The van der Waals surface area contributed by atoms with Crippen LogP contribution in [0.15, 0.2) is 85.5 Å². The highest BCUT2D eigenvalue weighted by Crippen LogP contribution is 2.39. The fourth-order valence-electron chi connectivity index (χ4n) is 3.24. The van der Waals surface area contributed by atoms with Crippen LogP contribution in [0.25, 0.3) is 0 Å². The Labute approximate surface area is 168 Å². The molecule has 4 rings (SSSR count). The molecule has 0 fully saturated rings. The number of ether oxygens (including phenoxy) is 3. The largest absolute Gasteiger partial charge is 0.478 e. The van der Waals surface area contributed by atoms with Crippen molar-refractivity contribution in [1.29, 1.82) is 0 Å². The van der Waals surface area contributed by atoms with Gasteiger partial charge in [-0.05, 0) is 47.9 Å². The molecule has 0 radical (unpaired) electrons. The minimum Gasteiger partial charge on any atom is -0.478 e. The lowest BCUT2D eigenvalue weighted by molar-refractivity contribution is -0.151. The molecule has 0 aliphatic carbocycles. The first-order valence-electron chi connectivity index (χ1n) is 9.27. The van der Waals surface area contributed by atoms with Crippen molar-refractivity contribution in [2.45, 2.75) is 18.6 Å². The van der Waals surface area contributed by atoms with Gasteiger partial charge in [-0.2, -0.15) is 0 Å². The summed E-state index contributed by atoms with van der Waals surface area (Å²) in [5.41, 5.74) is 1.73. The molecule has 2 atom stereocenters. The second-order valence-corrected chi connectivity index (χ2v) is 6.63. The molecule has 0 saturated carbocycles. The molecule has 1 aliphatic rings. The van der Waals surface area contributed by atoms with Gasteiger partial charge in [-0.1, -0.05) is 48.5 Å². The molecule has 146 valence electrons. The Balaban J connectivity index is 1.57. The highest BCUT2D eigenvalue weighted by atomic mass is 16.6. The molecule has 29 heavy (non-hydrogen) atoms. The molecule has 5 heteroatoms. The van der Waals surface area contributed by atoms with Crippen molar-refractivity contribution in [3.05, 3.63) is 96.6 Å². The van der Waals surface area contributed by atoms with Crippen LogP contribution in [0, 0.1) is 0 Å². The van der Waals surface area contributed by atoms with Crippen LogP contribution in [0.1, 0.15) is 17.2 Å². The average molecular weight is 388 g/mol. The number of benzene rings is 3. The van der Waals surface area contributed by atoms with Gasteiger partial charge in [-0.15, -0.1) is 6.58 Å². The predicted octanol–water partition coefficient (Wildman–Crippen LogP) is 5.17. The van der Waals surface area contributed by atoms with Gasteiger partial charge >= 0.3 is 5.97 Å². The minimum absolute atomic E-state index is 0.426. The van der Waals surface area contributed by atoms with E-state index in [2.05, 4.69) is 6.58 Å². The third kappa shape index (κ3) is 3.94. The van der Waals surface area contributed by atoms with Crippen molar-refractivity contribution < 1.29 is 24.1 Å². The number of fused-ring (bicyclic) bond motifs is 1. The number of para-hydroxylation sites is 3. The molecule has 0 amide bonds. The Bertz CT molecular complexity index is 1030. The van der Waals surface area contributed by atoms with Crippen LogP contribution in [0.3, 0.4) is 0 Å². The summed E-state index contributed by atoms with van der Waals surface area (Å²) in [5, 5.41) is 9.59. The second kappa shape index (κ2) is 8.10. The molecular formula is C24H20O5.